The van der Waals surface area contributed by atoms with Crippen LogP contribution in [-0.2, 0) is 0 Å². The van der Waals surface area contributed by atoms with Crippen molar-refractivity contribution in [3.05, 3.63) is 182 Å². The van der Waals surface area contributed by atoms with Gasteiger partial charge in [-0.1, -0.05) is 146 Å². The normalized spacial score (nSPS) is 11.9. The molecule has 0 amide bonds. The van der Waals surface area contributed by atoms with Gasteiger partial charge in [0.25, 0.3) is 0 Å². The molecule has 3 aromatic heterocycles. The van der Waals surface area contributed by atoms with Crippen LogP contribution in [0.2, 0.25) is 0 Å². The number of hydrogen-bond donors (Lipinski definition) is 0. The molecular weight excluding hydrogens is 685 g/mol. The molecule has 0 aliphatic carbocycles. The lowest BCUT2D eigenvalue weighted by molar-refractivity contribution is 0.668. The molecule has 0 spiro atoms. The van der Waals surface area contributed by atoms with E-state index in [1.54, 1.807) is 0 Å². The second-order valence-electron chi connectivity index (χ2n) is 14.4. The van der Waals surface area contributed by atoms with Crippen molar-refractivity contribution in [3.63, 3.8) is 0 Å². The SMILES string of the molecule is c1ccc2cc3c(cc2c1)c1ccccc1n3-c1cc2oc3ccccc3c2cc1-c1nc(-c2cccc3ccccc23)nc(-c2cccc3ccccc23)n1. The fraction of sp³-hybridized carbons (Fsp3) is 0. The smallest absolute Gasteiger partial charge is 0.166 e. The Balaban J connectivity index is 1.23. The van der Waals surface area contributed by atoms with Crippen molar-refractivity contribution in [3.8, 4) is 39.9 Å². The second-order valence-corrected chi connectivity index (χ2v) is 14.4. The Morgan fingerprint density at radius 2 is 0.839 bits per heavy atom. The molecular formula is C51H30N4O. The summed E-state index contributed by atoms with van der Waals surface area (Å²) < 4.78 is 8.95. The van der Waals surface area contributed by atoms with Crippen molar-refractivity contribution in [1.82, 2.24) is 19.5 Å². The predicted octanol–water partition coefficient (Wildman–Crippen LogP) is 13.3. The molecule has 260 valence electrons. The highest BCUT2D eigenvalue weighted by molar-refractivity contribution is 6.15. The highest BCUT2D eigenvalue weighted by Crippen LogP contribution is 2.42. The number of aromatic nitrogens is 4. The van der Waals surface area contributed by atoms with E-state index in [4.69, 9.17) is 19.4 Å². The summed E-state index contributed by atoms with van der Waals surface area (Å²) in [5, 5.41) is 11.2. The maximum Gasteiger partial charge on any atom is 0.166 e. The summed E-state index contributed by atoms with van der Waals surface area (Å²) >= 11 is 0. The Bertz CT molecular complexity index is 3450. The first kappa shape index (κ1) is 30.8. The van der Waals surface area contributed by atoms with Gasteiger partial charge in [0, 0.05) is 44.3 Å². The van der Waals surface area contributed by atoms with E-state index < -0.39 is 0 Å². The molecule has 12 rings (SSSR count). The second kappa shape index (κ2) is 11.9. The summed E-state index contributed by atoms with van der Waals surface area (Å²) in [5.74, 6) is 1.82. The van der Waals surface area contributed by atoms with Crippen LogP contribution in [0.4, 0.5) is 0 Å². The Kier molecular flexibility index (Phi) is 6.56. The van der Waals surface area contributed by atoms with Crippen LogP contribution in [0.25, 0.3) is 116 Å². The molecule has 0 N–H and O–H groups in total. The van der Waals surface area contributed by atoms with Crippen molar-refractivity contribution < 1.29 is 4.42 Å². The van der Waals surface area contributed by atoms with Crippen molar-refractivity contribution >= 4 is 76.1 Å². The number of fused-ring (bicyclic) bond motifs is 9. The van der Waals surface area contributed by atoms with Gasteiger partial charge in [0.2, 0.25) is 0 Å². The zero-order chi connectivity index (χ0) is 36.7. The van der Waals surface area contributed by atoms with E-state index in [0.29, 0.717) is 17.5 Å². The Morgan fingerprint density at radius 1 is 0.321 bits per heavy atom. The lowest BCUT2D eigenvalue weighted by Crippen LogP contribution is -2.04. The molecule has 0 fully saturated rings. The Hall–Kier alpha value is -7.63. The minimum absolute atomic E-state index is 0.583. The third-order valence-electron chi connectivity index (χ3n) is 11.2. The van der Waals surface area contributed by atoms with E-state index in [1.165, 1.54) is 21.5 Å². The van der Waals surface area contributed by atoms with E-state index in [-0.39, 0.29) is 0 Å². The van der Waals surface area contributed by atoms with E-state index in [0.717, 1.165) is 76.9 Å². The molecule has 56 heavy (non-hydrogen) atoms. The van der Waals surface area contributed by atoms with Crippen LogP contribution in [0.15, 0.2) is 186 Å². The number of para-hydroxylation sites is 2. The van der Waals surface area contributed by atoms with Crippen LogP contribution in [-0.4, -0.2) is 19.5 Å². The quantitative estimate of drug-likeness (QED) is 0.182. The van der Waals surface area contributed by atoms with Crippen LogP contribution in [0, 0.1) is 0 Å². The molecule has 0 saturated carbocycles. The average molecular weight is 715 g/mol. The molecule has 3 heterocycles. The molecule has 0 bridgehead atoms. The van der Waals surface area contributed by atoms with Gasteiger partial charge >= 0.3 is 0 Å². The number of furan rings is 1. The summed E-state index contributed by atoms with van der Waals surface area (Å²) in [6.45, 7) is 0. The van der Waals surface area contributed by atoms with Gasteiger partial charge in [0.05, 0.1) is 16.7 Å². The zero-order valence-electron chi connectivity index (χ0n) is 30.0. The molecule has 9 aromatic carbocycles. The molecule has 12 aromatic rings. The Labute approximate surface area is 320 Å². The molecule has 5 nitrogen and oxygen atoms in total. The van der Waals surface area contributed by atoms with Gasteiger partial charge in [-0.15, -0.1) is 0 Å². The number of nitrogens with zero attached hydrogens (tertiary/aromatic N) is 4. The van der Waals surface area contributed by atoms with Crippen LogP contribution in [0.5, 0.6) is 0 Å². The molecule has 0 aliphatic heterocycles. The largest absolute Gasteiger partial charge is 0.456 e. The monoisotopic (exact) mass is 714 g/mol. The van der Waals surface area contributed by atoms with E-state index >= 15 is 0 Å². The third kappa shape index (κ3) is 4.64. The topological polar surface area (TPSA) is 56.7 Å². The highest BCUT2D eigenvalue weighted by atomic mass is 16.3. The van der Waals surface area contributed by atoms with E-state index in [1.807, 2.05) is 12.1 Å². The van der Waals surface area contributed by atoms with Gasteiger partial charge < -0.3 is 8.98 Å². The standard InChI is InChI=1S/C51H30N4O/c1-2-16-34-28-45-41(27-33(34)15-1)37-21-7-9-25-44(37)55(45)46-30-48-42(38-22-8-10-26-47(38)56-48)29-43(46)51-53-49(39-23-11-17-31-13-3-5-19-35(31)39)52-50(54-51)40-24-12-18-32-14-4-6-20-36(32)40/h1-30H. The van der Waals surface area contributed by atoms with Crippen molar-refractivity contribution in [2.45, 2.75) is 0 Å². The molecule has 0 unspecified atom stereocenters. The third-order valence-corrected chi connectivity index (χ3v) is 11.2. The molecule has 0 saturated heterocycles. The highest BCUT2D eigenvalue weighted by Gasteiger charge is 2.23. The predicted molar refractivity (Wildman–Crippen MR) is 230 cm³/mol. The van der Waals surface area contributed by atoms with Gasteiger partial charge in [0.15, 0.2) is 17.5 Å². The molecule has 0 atom stereocenters. The van der Waals surface area contributed by atoms with Gasteiger partial charge in [0.1, 0.15) is 11.2 Å². The fourth-order valence-electron chi connectivity index (χ4n) is 8.62. The summed E-state index contributed by atoms with van der Waals surface area (Å²) in [6.07, 6.45) is 0. The minimum Gasteiger partial charge on any atom is -0.456 e. The van der Waals surface area contributed by atoms with Gasteiger partial charge in [-0.25, -0.2) is 15.0 Å². The number of rotatable bonds is 4. The first-order chi connectivity index (χ1) is 27.7. The number of hydrogen-bond acceptors (Lipinski definition) is 4. The average Bonchev–Trinajstić information content (AvgIpc) is 3.79. The summed E-state index contributed by atoms with van der Waals surface area (Å²) in [6, 6.07) is 63.9. The van der Waals surface area contributed by atoms with Gasteiger partial charge in [-0.05, 0) is 62.6 Å². The van der Waals surface area contributed by atoms with Gasteiger partial charge in [-0.2, -0.15) is 0 Å². The van der Waals surface area contributed by atoms with Gasteiger partial charge in [-0.3, -0.25) is 0 Å². The zero-order valence-corrected chi connectivity index (χ0v) is 30.0. The summed E-state index contributed by atoms with van der Waals surface area (Å²) in [7, 11) is 0. The van der Waals surface area contributed by atoms with Crippen LogP contribution in [0.3, 0.4) is 0 Å². The first-order valence-corrected chi connectivity index (χ1v) is 18.9. The number of benzene rings is 9. The summed E-state index contributed by atoms with van der Waals surface area (Å²) in [4.78, 5) is 16.1. The van der Waals surface area contributed by atoms with E-state index in [2.05, 4.69) is 174 Å². The maximum absolute atomic E-state index is 6.59. The van der Waals surface area contributed by atoms with Crippen LogP contribution < -0.4 is 0 Å². The van der Waals surface area contributed by atoms with Crippen molar-refractivity contribution in [1.29, 1.82) is 0 Å². The van der Waals surface area contributed by atoms with Crippen molar-refractivity contribution in [2.24, 2.45) is 0 Å². The Morgan fingerprint density at radius 3 is 1.52 bits per heavy atom. The molecule has 0 aliphatic rings. The minimum atomic E-state index is 0.583. The lowest BCUT2D eigenvalue weighted by atomic mass is 10.0. The van der Waals surface area contributed by atoms with E-state index in [9.17, 15) is 0 Å². The van der Waals surface area contributed by atoms with Crippen LogP contribution in [0.1, 0.15) is 0 Å². The summed E-state index contributed by atoms with van der Waals surface area (Å²) in [5.41, 5.74) is 7.53. The van der Waals surface area contributed by atoms with Crippen LogP contribution >= 0.6 is 0 Å². The maximum atomic E-state index is 6.59. The molecule has 0 radical (unpaired) electrons. The fourth-order valence-corrected chi connectivity index (χ4v) is 8.62. The lowest BCUT2D eigenvalue weighted by Gasteiger charge is -2.16. The molecule has 5 heteroatoms. The first-order valence-electron chi connectivity index (χ1n) is 18.9. The van der Waals surface area contributed by atoms with Crippen molar-refractivity contribution in [2.75, 3.05) is 0 Å².